The maximum atomic E-state index is 13.5. The Kier molecular flexibility index (Phi) is 5.93. The predicted molar refractivity (Wildman–Crippen MR) is 135 cm³/mol. The topological polar surface area (TPSA) is 102 Å². The fraction of sp³-hybridized carbons (Fsp3) is 0.231. The van der Waals surface area contributed by atoms with Crippen molar-refractivity contribution in [1.82, 2.24) is 23.1 Å². The Morgan fingerprint density at radius 1 is 1.06 bits per heavy atom. The van der Waals surface area contributed by atoms with Crippen molar-refractivity contribution < 1.29 is 14.3 Å². The minimum absolute atomic E-state index is 0.0868. The second-order valence-corrected chi connectivity index (χ2v) is 8.22. The van der Waals surface area contributed by atoms with E-state index < -0.39 is 17.2 Å². The van der Waals surface area contributed by atoms with Gasteiger partial charge in [-0.3, -0.25) is 27.7 Å². The molecule has 36 heavy (non-hydrogen) atoms. The van der Waals surface area contributed by atoms with Crippen LogP contribution in [-0.2, 0) is 23.1 Å². The zero-order chi connectivity index (χ0) is 25.4. The van der Waals surface area contributed by atoms with E-state index in [-0.39, 0.29) is 30.7 Å². The summed E-state index contributed by atoms with van der Waals surface area (Å²) < 4.78 is 16.4. The van der Waals surface area contributed by atoms with Gasteiger partial charge in [-0.25, -0.2) is 4.79 Å². The summed E-state index contributed by atoms with van der Waals surface area (Å²) in [6, 6.07) is 17.3. The Balaban J connectivity index is 1.80. The van der Waals surface area contributed by atoms with E-state index in [2.05, 4.69) is 0 Å². The largest absolute Gasteiger partial charge is 0.497 e. The lowest BCUT2D eigenvalue weighted by molar-refractivity contribution is -0.143. The number of nitrogens with zero attached hydrogens (tertiary/aromatic N) is 5. The minimum Gasteiger partial charge on any atom is -0.497 e. The number of fused-ring (bicyclic) bond motifs is 3. The van der Waals surface area contributed by atoms with Gasteiger partial charge in [-0.1, -0.05) is 36.4 Å². The number of rotatable bonds is 7. The molecule has 0 saturated heterocycles. The summed E-state index contributed by atoms with van der Waals surface area (Å²) >= 11 is 0. The molecule has 0 aliphatic rings. The van der Waals surface area contributed by atoms with Crippen LogP contribution in [0.5, 0.6) is 5.75 Å². The number of carbonyl (C=O) groups is 1. The number of methoxy groups -OCH3 is 1. The number of aromatic nitrogens is 5. The Labute approximate surface area is 205 Å². The quantitative estimate of drug-likeness (QED) is 0.327. The van der Waals surface area contributed by atoms with E-state index in [1.165, 1.54) is 4.57 Å². The van der Waals surface area contributed by atoms with Gasteiger partial charge in [-0.15, -0.1) is 0 Å². The molecule has 0 unspecified atom stereocenters. The highest BCUT2D eigenvalue weighted by Gasteiger charge is 2.23. The molecule has 2 aromatic carbocycles. The minimum atomic E-state index is -0.547. The van der Waals surface area contributed by atoms with Crippen LogP contribution in [0.15, 0.2) is 70.4 Å². The second-order valence-electron chi connectivity index (χ2n) is 8.22. The van der Waals surface area contributed by atoms with E-state index in [9.17, 15) is 14.4 Å². The molecule has 10 heteroatoms. The average molecular weight is 488 g/mol. The number of imidazole rings is 2. The molecular weight excluding hydrogens is 462 g/mol. The summed E-state index contributed by atoms with van der Waals surface area (Å²) in [5, 5.41) is 0. The zero-order valence-corrected chi connectivity index (χ0v) is 20.2. The van der Waals surface area contributed by atoms with Crippen molar-refractivity contribution in [1.29, 1.82) is 0 Å². The maximum Gasteiger partial charge on any atom is 0.332 e. The van der Waals surface area contributed by atoms with Crippen molar-refractivity contribution in [3.05, 3.63) is 81.6 Å². The van der Waals surface area contributed by atoms with Crippen LogP contribution in [0, 0.1) is 0 Å². The van der Waals surface area contributed by atoms with Gasteiger partial charge in [0.05, 0.1) is 31.5 Å². The molecule has 3 heterocycles. The van der Waals surface area contributed by atoms with Gasteiger partial charge < -0.3 is 9.47 Å². The molecule has 0 N–H and O–H groups in total. The lowest BCUT2D eigenvalue weighted by atomic mass is 10.1. The van der Waals surface area contributed by atoms with Crippen LogP contribution in [-0.4, -0.2) is 42.8 Å². The normalized spacial score (nSPS) is 11.3. The van der Waals surface area contributed by atoms with Crippen molar-refractivity contribution in [2.45, 2.75) is 19.9 Å². The number of ether oxygens (including phenoxy) is 2. The summed E-state index contributed by atoms with van der Waals surface area (Å²) in [5.41, 5.74) is 1.94. The van der Waals surface area contributed by atoms with Gasteiger partial charge in [0.2, 0.25) is 5.78 Å². The van der Waals surface area contributed by atoms with E-state index in [1.54, 1.807) is 25.5 Å². The molecule has 5 aromatic rings. The Hall–Kier alpha value is -4.60. The highest BCUT2D eigenvalue weighted by atomic mass is 16.5. The highest BCUT2D eigenvalue weighted by Crippen LogP contribution is 2.30. The Morgan fingerprint density at radius 3 is 2.56 bits per heavy atom. The number of hydrogen-bond acceptors (Lipinski definition) is 6. The van der Waals surface area contributed by atoms with E-state index in [0.29, 0.717) is 11.5 Å². The predicted octanol–water partition coefficient (Wildman–Crippen LogP) is 2.77. The van der Waals surface area contributed by atoms with E-state index >= 15 is 0 Å². The molecule has 10 nitrogen and oxygen atoms in total. The molecule has 0 radical (unpaired) electrons. The van der Waals surface area contributed by atoms with Crippen molar-refractivity contribution in [2.75, 3.05) is 13.7 Å². The van der Waals surface area contributed by atoms with Gasteiger partial charge in [0.1, 0.15) is 5.75 Å². The lowest BCUT2D eigenvalue weighted by Crippen LogP contribution is -2.39. The Bertz CT molecular complexity index is 1710. The third-order valence-corrected chi connectivity index (χ3v) is 6.08. The molecule has 0 aliphatic carbocycles. The van der Waals surface area contributed by atoms with E-state index in [4.69, 9.17) is 14.5 Å². The number of benzene rings is 2. The summed E-state index contributed by atoms with van der Waals surface area (Å²) in [4.78, 5) is 43.2. The molecule has 184 valence electrons. The summed E-state index contributed by atoms with van der Waals surface area (Å²) in [6.45, 7) is 1.85. The van der Waals surface area contributed by atoms with Crippen molar-refractivity contribution >= 4 is 22.9 Å². The number of aryl methyl sites for hydroxylation is 1. The number of esters is 1. The maximum absolute atomic E-state index is 13.5. The van der Waals surface area contributed by atoms with Crippen molar-refractivity contribution in [3.8, 4) is 22.7 Å². The van der Waals surface area contributed by atoms with Crippen LogP contribution in [0.3, 0.4) is 0 Å². The van der Waals surface area contributed by atoms with Gasteiger partial charge >= 0.3 is 11.7 Å². The first kappa shape index (κ1) is 23.2. The fourth-order valence-electron chi connectivity index (χ4n) is 4.35. The summed E-state index contributed by atoms with van der Waals surface area (Å²) in [7, 11) is 3.16. The van der Waals surface area contributed by atoms with Crippen LogP contribution >= 0.6 is 0 Å². The van der Waals surface area contributed by atoms with Crippen LogP contribution in [0.1, 0.15) is 13.3 Å². The number of carbonyl (C=O) groups excluding carboxylic acids is 1. The van der Waals surface area contributed by atoms with Gasteiger partial charge in [0.15, 0.2) is 11.2 Å². The zero-order valence-electron chi connectivity index (χ0n) is 20.2. The van der Waals surface area contributed by atoms with Crippen molar-refractivity contribution in [3.63, 3.8) is 0 Å². The molecule has 0 fully saturated rings. The van der Waals surface area contributed by atoms with Gasteiger partial charge in [0, 0.05) is 31.4 Å². The average Bonchev–Trinajstić information content (AvgIpc) is 3.44. The second kappa shape index (κ2) is 9.21. The fourth-order valence-corrected chi connectivity index (χ4v) is 4.35. The first-order chi connectivity index (χ1) is 17.4. The summed E-state index contributed by atoms with van der Waals surface area (Å²) in [6.07, 6.45) is 1.75. The molecule has 0 saturated carbocycles. The van der Waals surface area contributed by atoms with Crippen molar-refractivity contribution in [2.24, 2.45) is 7.05 Å². The number of hydrogen-bond donors (Lipinski definition) is 0. The van der Waals surface area contributed by atoms with Crippen LogP contribution in [0.4, 0.5) is 0 Å². The third-order valence-electron chi connectivity index (χ3n) is 6.08. The summed E-state index contributed by atoms with van der Waals surface area (Å²) in [5.74, 6) is 0.663. The molecule has 3 aromatic heterocycles. The molecule has 5 rings (SSSR count). The monoisotopic (exact) mass is 487 g/mol. The van der Waals surface area contributed by atoms with Crippen LogP contribution in [0.2, 0.25) is 0 Å². The standard InChI is InChI=1S/C26H25N5O5/c1-4-36-21(32)13-14-29-24(33)22-23(28(2)26(29)34)27-25-30(22)16-20(17-9-6-5-7-10-17)31(25)18-11-8-12-19(15-18)35-3/h5-12,15-16H,4,13-14H2,1-3H3. The molecular formula is C26H25N5O5. The molecule has 0 aliphatic heterocycles. The highest BCUT2D eigenvalue weighted by molar-refractivity contribution is 5.79. The van der Waals surface area contributed by atoms with Gasteiger partial charge in [-0.2, -0.15) is 4.98 Å². The molecule has 0 atom stereocenters. The van der Waals surface area contributed by atoms with Gasteiger partial charge in [0.25, 0.3) is 5.56 Å². The first-order valence-electron chi connectivity index (χ1n) is 11.5. The first-order valence-corrected chi connectivity index (χ1v) is 11.5. The molecule has 0 bridgehead atoms. The third kappa shape index (κ3) is 3.76. The molecule has 0 amide bonds. The van der Waals surface area contributed by atoms with Crippen LogP contribution in [0.25, 0.3) is 33.9 Å². The SMILES string of the molecule is CCOC(=O)CCn1c(=O)c2c(nc3n(-c4cccc(OC)c4)c(-c4ccccc4)cn23)n(C)c1=O. The lowest BCUT2D eigenvalue weighted by Gasteiger charge is -2.10. The van der Waals surface area contributed by atoms with E-state index in [0.717, 1.165) is 21.5 Å². The van der Waals surface area contributed by atoms with Crippen LogP contribution < -0.4 is 16.0 Å². The molecule has 0 spiro atoms. The Morgan fingerprint density at radius 2 is 1.83 bits per heavy atom. The smallest absolute Gasteiger partial charge is 0.332 e. The van der Waals surface area contributed by atoms with Gasteiger partial charge in [-0.05, 0) is 19.1 Å². The van der Waals surface area contributed by atoms with E-state index in [1.807, 2.05) is 65.4 Å².